The van der Waals surface area contributed by atoms with Crippen molar-refractivity contribution in [2.75, 3.05) is 0 Å². The Bertz CT molecular complexity index is 253. The van der Waals surface area contributed by atoms with Crippen LogP contribution in [0.5, 0.6) is 0 Å². The van der Waals surface area contributed by atoms with Crippen molar-refractivity contribution in [2.24, 2.45) is 0 Å². The highest BCUT2D eigenvalue weighted by Crippen LogP contribution is 2.31. The second-order valence-electron chi connectivity index (χ2n) is 2.39. The molecule has 0 unspecified atom stereocenters. The summed E-state index contributed by atoms with van der Waals surface area (Å²) in [5.74, 6) is 0. The molecule has 0 aliphatic rings. The number of thiazole rings is 1. The molecule has 0 atom stereocenters. The minimum Gasteiger partial charge on any atom is -0.237 e. The maximum atomic E-state index is 12.0. The van der Waals surface area contributed by atoms with Crippen molar-refractivity contribution >= 4 is 11.3 Å². The molecule has 0 aliphatic heterocycles. The third-order valence-electron chi connectivity index (χ3n) is 1.30. The Kier molecular flexibility index (Phi) is 2.72. The summed E-state index contributed by atoms with van der Waals surface area (Å²) in [5.41, 5.74) is 0.537. The Balaban J connectivity index is 2.77. The van der Waals surface area contributed by atoms with Crippen LogP contribution in [-0.2, 0) is 12.6 Å². The van der Waals surface area contributed by atoms with Crippen LogP contribution in [0, 0.1) is 0 Å². The molecule has 0 saturated carbocycles. The van der Waals surface area contributed by atoms with Gasteiger partial charge in [-0.2, -0.15) is 13.2 Å². The number of hydrogen-bond donors (Lipinski definition) is 0. The van der Waals surface area contributed by atoms with Gasteiger partial charge in [0.2, 0.25) is 0 Å². The van der Waals surface area contributed by atoms with Crippen LogP contribution in [0.25, 0.3) is 0 Å². The second-order valence-corrected chi connectivity index (χ2v) is 3.25. The summed E-state index contributed by atoms with van der Waals surface area (Å²) in [7, 11) is 0. The zero-order chi connectivity index (χ0) is 9.19. The fourth-order valence-electron chi connectivity index (χ4n) is 0.808. The van der Waals surface area contributed by atoms with E-state index in [-0.39, 0.29) is 0 Å². The Hall–Kier alpha value is -0.580. The molecule has 0 bridgehead atoms. The lowest BCUT2D eigenvalue weighted by Crippen LogP contribution is -2.04. The maximum absolute atomic E-state index is 12.0. The smallest absolute Gasteiger partial charge is 0.237 e. The standard InChI is InChI=1S/C7H8F3NS/c1-2-3-5-4-12-6(11-5)7(8,9)10/h4H,2-3H2,1H3. The molecular formula is C7H8F3NS. The average molecular weight is 195 g/mol. The van der Waals surface area contributed by atoms with Crippen LogP contribution in [-0.4, -0.2) is 4.98 Å². The van der Waals surface area contributed by atoms with E-state index in [0.717, 1.165) is 6.42 Å². The quantitative estimate of drug-likeness (QED) is 0.706. The van der Waals surface area contributed by atoms with Crippen LogP contribution >= 0.6 is 11.3 Å². The maximum Gasteiger partial charge on any atom is 0.443 e. The first kappa shape index (κ1) is 9.51. The van der Waals surface area contributed by atoms with Crippen molar-refractivity contribution in [1.82, 2.24) is 4.98 Å². The van der Waals surface area contributed by atoms with Crippen LogP contribution < -0.4 is 0 Å². The fourth-order valence-corrected chi connectivity index (χ4v) is 1.53. The van der Waals surface area contributed by atoms with Gasteiger partial charge in [0, 0.05) is 5.38 Å². The molecule has 0 amide bonds. The molecular weight excluding hydrogens is 187 g/mol. The molecule has 1 aromatic rings. The van der Waals surface area contributed by atoms with Gasteiger partial charge in [0.1, 0.15) is 0 Å². The van der Waals surface area contributed by atoms with E-state index in [4.69, 9.17) is 0 Å². The van der Waals surface area contributed by atoms with Crippen molar-refractivity contribution in [3.8, 4) is 0 Å². The van der Waals surface area contributed by atoms with Crippen molar-refractivity contribution < 1.29 is 13.2 Å². The van der Waals surface area contributed by atoms with Gasteiger partial charge in [0.25, 0.3) is 0 Å². The number of hydrogen-bond acceptors (Lipinski definition) is 2. The molecule has 1 nitrogen and oxygen atoms in total. The zero-order valence-corrected chi connectivity index (χ0v) is 7.30. The number of aromatic nitrogens is 1. The van der Waals surface area contributed by atoms with Gasteiger partial charge in [-0.05, 0) is 6.42 Å². The summed E-state index contributed by atoms with van der Waals surface area (Å²) < 4.78 is 36.0. The summed E-state index contributed by atoms with van der Waals surface area (Å²) in [4.78, 5) is 3.46. The van der Waals surface area contributed by atoms with Crippen molar-refractivity contribution in [1.29, 1.82) is 0 Å². The fraction of sp³-hybridized carbons (Fsp3) is 0.571. The van der Waals surface area contributed by atoms with Crippen LogP contribution in [0.1, 0.15) is 24.0 Å². The third-order valence-corrected chi connectivity index (χ3v) is 2.24. The van der Waals surface area contributed by atoms with E-state index in [2.05, 4.69) is 4.98 Å². The first-order valence-corrected chi connectivity index (χ1v) is 4.43. The Labute approximate surface area is 72.2 Å². The molecule has 1 heterocycles. The molecule has 1 rings (SSSR count). The van der Waals surface area contributed by atoms with Gasteiger partial charge in [-0.3, -0.25) is 0 Å². The van der Waals surface area contributed by atoms with Gasteiger partial charge < -0.3 is 0 Å². The Morgan fingerprint density at radius 2 is 2.17 bits per heavy atom. The lowest BCUT2D eigenvalue weighted by atomic mass is 10.3. The first-order valence-electron chi connectivity index (χ1n) is 3.55. The predicted molar refractivity (Wildman–Crippen MR) is 41.1 cm³/mol. The highest BCUT2D eigenvalue weighted by Gasteiger charge is 2.34. The minimum atomic E-state index is -4.28. The van der Waals surface area contributed by atoms with Gasteiger partial charge in [-0.15, -0.1) is 11.3 Å². The third kappa shape index (κ3) is 2.20. The van der Waals surface area contributed by atoms with Crippen molar-refractivity contribution in [3.05, 3.63) is 16.1 Å². The molecule has 1 aromatic heterocycles. The first-order chi connectivity index (χ1) is 5.54. The van der Waals surface area contributed by atoms with Crippen LogP contribution in [0.3, 0.4) is 0 Å². The van der Waals surface area contributed by atoms with E-state index in [1.165, 1.54) is 5.38 Å². The highest BCUT2D eigenvalue weighted by atomic mass is 32.1. The van der Waals surface area contributed by atoms with E-state index >= 15 is 0 Å². The monoisotopic (exact) mass is 195 g/mol. The molecule has 12 heavy (non-hydrogen) atoms. The molecule has 0 fully saturated rings. The summed E-state index contributed by atoms with van der Waals surface area (Å²) in [6, 6.07) is 0. The second kappa shape index (κ2) is 3.43. The number of rotatable bonds is 2. The molecule has 0 aliphatic carbocycles. The summed E-state index contributed by atoms with van der Waals surface area (Å²) in [6.45, 7) is 1.91. The molecule has 0 aromatic carbocycles. The number of alkyl halides is 3. The SMILES string of the molecule is CCCc1csc(C(F)(F)F)n1. The van der Waals surface area contributed by atoms with Crippen LogP contribution in [0.4, 0.5) is 13.2 Å². The topological polar surface area (TPSA) is 12.9 Å². The molecule has 0 saturated heterocycles. The Morgan fingerprint density at radius 3 is 2.58 bits per heavy atom. The van der Waals surface area contributed by atoms with Gasteiger partial charge in [-0.1, -0.05) is 13.3 Å². The van der Waals surface area contributed by atoms with Crippen LogP contribution in [0.2, 0.25) is 0 Å². The van der Waals surface area contributed by atoms with E-state index < -0.39 is 11.2 Å². The molecule has 0 radical (unpaired) electrons. The van der Waals surface area contributed by atoms with Gasteiger partial charge in [-0.25, -0.2) is 4.98 Å². The summed E-state index contributed by atoms with van der Waals surface area (Å²) >= 11 is 0.660. The van der Waals surface area contributed by atoms with E-state index in [1.807, 2.05) is 6.92 Å². The normalized spacial score (nSPS) is 12.0. The van der Waals surface area contributed by atoms with E-state index in [9.17, 15) is 13.2 Å². The minimum absolute atomic E-state index is 0.537. The average Bonchev–Trinajstić information content (AvgIpc) is 2.35. The zero-order valence-electron chi connectivity index (χ0n) is 6.48. The largest absolute Gasteiger partial charge is 0.443 e. The van der Waals surface area contributed by atoms with Crippen molar-refractivity contribution in [3.63, 3.8) is 0 Å². The van der Waals surface area contributed by atoms with Gasteiger partial charge in [0.15, 0.2) is 5.01 Å². The summed E-state index contributed by atoms with van der Waals surface area (Å²) in [6.07, 6.45) is -2.84. The summed E-state index contributed by atoms with van der Waals surface area (Å²) in [5, 5.41) is 0.720. The predicted octanol–water partition coefficient (Wildman–Crippen LogP) is 3.11. The highest BCUT2D eigenvalue weighted by molar-refractivity contribution is 7.09. The van der Waals surface area contributed by atoms with Gasteiger partial charge in [0.05, 0.1) is 5.69 Å². The molecule has 5 heteroatoms. The number of nitrogens with zero attached hydrogens (tertiary/aromatic N) is 1. The molecule has 68 valence electrons. The Morgan fingerprint density at radius 1 is 1.50 bits per heavy atom. The van der Waals surface area contributed by atoms with Crippen molar-refractivity contribution in [2.45, 2.75) is 25.9 Å². The van der Waals surface area contributed by atoms with E-state index in [0.29, 0.717) is 23.5 Å². The van der Waals surface area contributed by atoms with Crippen LogP contribution in [0.15, 0.2) is 5.38 Å². The lowest BCUT2D eigenvalue weighted by Gasteiger charge is -1.98. The molecule has 0 N–H and O–H groups in total. The van der Waals surface area contributed by atoms with Gasteiger partial charge >= 0.3 is 6.18 Å². The van der Waals surface area contributed by atoms with E-state index in [1.54, 1.807) is 0 Å². The molecule has 0 spiro atoms. The lowest BCUT2D eigenvalue weighted by molar-refractivity contribution is -0.137. The number of aryl methyl sites for hydroxylation is 1. The number of halogens is 3.